The first-order valence-corrected chi connectivity index (χ1v) is 12.0. The Kier molecular flexibility index (Phi) is 15.0. The fourth-order valence-electron chi connectivity index (χ4n) is 2.74. The van der Waals surface area contributed by atoms with E-state index in [4.69, 9.17) is 12.2 Å². The average Bonchev–Trinajstić information content (AvgIpc) is 2.79. The number of allylic oxidation sites excluding steroid dienone is 6. The number of aliphatic hydroxyl groups excluding tert-OH is 1. The van der Waals surface area contributed by atoms with Gasteiger partial charge >= 0.3 is 0 Å². The standard InChI is InChI=1S/C24H27NO3S2.C2H6/c1-16(5-6-20(15-25)18(3)30-4)13-17(2)23(28)14-22(24(29)11-12-26)19-7-9-21(27)10-8-19;1-2/h5-10,13,22,26-27H,3,11-12,14H2,1-2,4H3;1-2H3/b16-5+,17-13+,20-6-;. The highest BCUT2D eigenvalue weighted by Gasteiger charge is 2.21. The van der Waals surface area contributed by atoms with Crippen molar-refractivity contribution in [1.82, 2.24) is 0 Å². The number of phenolic OH excluding ortho intramolecular Hbond substituents is 1. The molecule has 0 aliphatic carbocycles. The summed E-state index contributed by atoms with van der Waals surface area (Å²) in [7, 11) is 0. The molecule has 4 nitrogen and oxygen atoms in total. The monoisotopic (exact) mass is 471 g/mol. The number of nitriles is 1. The van der Waals surface area contributed by atoms with Crippen LogP contribution in [0.5, 0.6) is 5.75 Å². The van der Waals surface area contributed by atoms with Crippen molar-refractivity contribution in [1.29, 1.82) is 5.26 Å². The minimum atomic E-state index is -0.317. The van der Waals surface area contributed by atoms with Gasteiger partial charge in [0.25, 0.3) is 0 Å². The topological polar surface area (TPSA) is 81.3 Å². The third-order valence-electron chi connectivity index (χ3n) is 4.50. The summed E-state index contributed by atoms with van der Waals surface area (Å²) in [5.41, 5.74) is 2.73. The Morgan fingerprint density at radius 1 is 1.25 bits per heavy atom. The minimum Gasteiger partial charge on any atom is -0.508 e. The predicted molar refractivity (Wildman–Crippen MR) is 140 cm³/mol. The molecule has 0 bridgehead atoms. The number of thioether (sulfide) groups is 1. The Bertz CT molecular complexity index is 919. The van der Waals surface area contributed by atoms with Crippen LogP contribution < -0.4 is 0 Å². The first-order chi connectivity index (χ1) is 15.2. The van der Waals surface area contributed by atoms with Gasteiger partial charge < -0.3 is 10.2 Å². The lowest BCUT2D eigenvalue weighted by Crippen LogP contribution is -2.17. The number of benzene rings is 1. The summed E-state index contributed by atoms with van der Waals surface area (Å²) in [5, 5.41) is 28.0. The van der Waals surface area contributed by atoms with E-state index in [-0.39, 0.29) is 30.5 Å². The number of carbonyl (C=O) groups is 1. The molecular weight excluding hydrogens is 438 g/mol. The molecule has 0 fully saturated rings. The van der Waals surface area contributed by atoms with Crippen LogP contribution >= 0.6 is 24.0 Å². The van der Waals surface area contributed by atoms with E-state index in [0.29, 0.717) is 27.3 Å². The second-order valence-electron chi connectivity index (χ2n) is 6.77. The van der Waals surface area contributed by atoms with Gasteiger partial charge in [0.15, 0.2) is 5.78 Å². The molecular formula is C26H33NO3S2. The van der Waals surface area contributed by atoms with Crippen LogP contribution in [0.4, 0.5) is 0 Å². The maximum Gasteiger partial charge on any atom is 0.159 e. The molecule has 0 radical (unpaired) electrons. The quantitative estimate of drug-likeness (QED) is 0.167. The highest BCUT2D eigenvalue weighted by atomic mass is 32.2. The highest BCUT2D eigenvalue weighted by molar-refractivity contribution is 8.02. The number of aromatic hydroxyl groups is 1. The zero-order chi connectivity index (χ0) is 24.7. The number of rotatable bonds is 11. The largest absolute Gasteiger partial charge is 0.508 e. The molecule has 1 atom stereocenters. The van der Waals surface area contributed by atoms with E-state index < -0.39 is 0 Å². The van der Waals surface area contributed by atoms with E-state index in [0.717, 1.165) is 11.1 Å². The summed E-state index contributed by atoms with van der Waals surface area (Å²) >= 11 is 6.86. The van der Waals surface area contributed by atoms with Crippen molar-refractivity contribution in [3.05, 3.63) is 76.3 Å². The zero-order valence-corrected chi connectivity index (χ0v) is 21.1. The third-order valence-corrected chi connectivity index (χ3v) is 5.70. The van der Waals surface area contributed by atoms with Gasteiger partial charge in [-0.3, -0.25) is 4.79 Å². The molecule has 0 aromatic heterocycles. The fourth-order valence-corrected chi connectivity index (χ4v) is 3.39. The van der Waals surface area contributed by atoms with Crippen molar-refractivity contribution < 1.29 is 15.0 Å². The summed E-state index contributed by atoms with van der Waals surface area (Å²) in [6.45, 7) is 11.4. The van der Waals surface area contributed by atoms with Gasteiger partial charge in [0.1, 0.15) is 11.8 Å². The molecule has 0 saturated carbocycles. The van der Waals surface area contributed by atoms with Gasteiger partial charge in [-0.15, -0.1) is 11.8 Å². The summed E-state index contributed by atoms with van der Waals surface area (Å²) in [6, 6.07) is 8.72. The first-order valence-electron chi connectivity index (χ1n) is 10.4. The van der Waals surface area contributed by atoms with Crippen LogP contribution in [-0.2, 0) is 4.79 Å². The molecule has 32 heavy (non-hydrogen) atoms. The molecule has 0 saturated heterocycles. The Morgan fingerprint density at radius 2 is 1.84 bits per heavy atom. The maximum absolute atomic E-state index is 12.8. The van der Waals surface area contributed by atoms with Crippen LogP contribution in [0.25, 0.3) is 0 Å². The maximum atomic E-state index is 12.8. The zero-order valence-electron chi connectivity index (χ0n) is 19.5. The molecule has 172 valence electrons. The minimum absolute atomic E-state index is 0.0564. The van der Waals surface area contributed by atoms with Crippen molar-refractivity contribution in [2.75, 3.05) is 12.9 Å². The third kappa shape index (κ3) is 10.2. The van der Waals surface area contributed by atoms with Gasteiger partial charge in [0, 0.05) is 35.1 Å². The smallest absolute Gasteiger partial charge is 0.159 e. The molecule has 1 aromatic carbocycles. The molecule has 0 amide bonds. The average molecular weight is 472 g/mol. The first kappa shape index (κ1) is 29.5. The van der Waals surface area contributed by atoms with E-state index in [1.165, 1.54) is 11.8 Å². The molecule has 6 heteroatoms. The summed E-state index contributed by atoms with van der Waals surface area (Å²) in [4.78, 5) is 14.1. The number of hydrogen-bond acceptors (Lipinski definition) is 6. The second-order valence-corrected chi connectivity index (χ2v) is 8.19. The van der Waals surface area contributed by atoms with Crippen LogP contribution in [0.1, 0.15) is 52.0 Å². The molecule has 2 N–H and O–H groups in total. The van der Waals surface area contributed by atoms with Crippen LogP contribution in [0.15, 0.2) is 70.7 Å². The lowest BCUT2D eigenvalue weighted by molar-refractivity contribution is -0.115. The molecule has 0 heterocycles. The Labute approximate surface area is 202 Å². The molecule has 1 unspecified atom stereocenters. The number of carbonyl (C=O) groups excluding carboxylic acids is 1. The van der Waals surface area contributed by atoms with Crippen LogP contribution in [0, 0.1) is 11.3 Å². The lowest BCUT2D eigenvalue weighted by atomic mass is 9.87. The van der Waals surface area contributed by atoms with Crippen LogP contribution in [-0.4, -0.2) is 33.7 Å². The van der Waals surface area contributed by atoms with Crippen LogP contribution in [0.2, 0.25) is 0 Å². The molecule has 0 aliphatic rings. The number of ketones is 1. The van der Waals surface area contributed by atoms with Gasteiger partial charge in [0.05, 0.1) is 5.57 Å². The van der Waals surface area contributed by atoms with Gasteiger partial charge in [-0.25, -0.2) is 0 Å². The number of Topliss-reactive ketones (excluding diaryl/α,β-unsaturated/α-hetero) is 1. The van der Waals surface area contributed by atoms with Crippen molar-refractivity contribution in [2.24, 2.45) is 0 Å². The molecule has 1 rings (SSSR count). The van der Waals surface area contributed by atoms with E-state index >= 15 is 0 Å². The highest BCUT2D eigenvalue weighted by Crippen LogP contribution is 2.27. The molecule has 0 spiro atoms. The normalized spacial score (nSPS) is 12.8. The predicted octanol–water partition coefficient (Wildman–Crippen LogP) is 6.43. The second kappa shape index (κ2) is 16.2. The van der Waals surface area contributed by atoms with Crippen molar-refractivity contribution in [3.8, 4) is 11.8 Å². The number of phenols is 1. The lowest BCUT2D eigenvalue weighted by Gasteiger charge is -2.18. The summed E-state index contributed by atoms with van der Waals surface area (Å²) in [6.07, 6.45) is 7.62. The van der Waals surface area contributed by atoms with Gasteiger partial charge in [-0.1, -0.05) is 62.5 Å². The SMILES string of the molecule is C=C(SC)\C(C#N)=C/C=C(C)/C=C(\C)C(=O)CC(C(=S)CCO)c1ccc(O)cc1.CC. The number of hydrogen-bond donors (Lipinski definition) is 2. The van der Waals surface area contributed by atoms with Gasteiger partial charge in [-0.05, 0) is 49.4 Å². The number of nitrogens with zero attached hydrogens (tertiary/aromatic N) is 1. The molecule has 1 aromatic rings. The summed E-state index contributed by atoms with van der Waals surface area (Å²) in [5.74, 6) is -0.232. The number of aliphatic hydroxyl groups is 1. The Morgan fingerprint density at radius 3 is 2.34 bits per heavy atom. The van der Waals surface area contributed by atoms with E-state index in [9.17, 15) is 20.3 Å². The van der Waals surface area contributed by atoms with E-state index in [2.05, 4.69) is 12.6 Å². The van der Waals surface area contributed by atoms with Gasteiger partial charge in [0.2, 0.25) is 0 Å². The molecule has 0 aliphatic heterocycles. The van der Waals surface area contributed by atoms with E-state index in [1.54, 1.807) is 49.4 Å². The van der Waals surface area contributed by atoms with Crippen molar-refractivity contribution >= 4 is 34.6 Å². The van der Waals surface area contributed by atoms with E-state index in [1.807, 2.05) is 27.0 Å². The Hall–Kier alpha value is -2.46. The Balaban J connectivity index is 0.00000466. The van der Waals surface area contributed by atoms with Gasteiger partial charge in [-0.2, -0.15) is 5.26 Å². The van der Waals surface area contributed by atoms with Crippen LogP contribution in [0.3, 0.4) is 0 Å². The summed E-state index contributed by atoms with van der Waals surface area (Å²) < 4.78 is 0. The fraction of sp³-hybridized carbons (Fsp3) is 0.346. The van der Waals surface area contributed by atoms with Crippen molar-refractivity contribution in [2.45, 2.75) is 46.5 Å². The number of thiocarbonyl (C=S) groups is 1. The van der Waals surface area contributed by atoms with Crippen molar-refractivity contribution in [3.63, 3.8) is 0 Å².